The van der Waals surface area contributed by atoms with Crippen LogP contribution in [0.25, 0.3) is 11.1 Å². The second-order valence-corrected chi connectivity index (χ2v) is 5.50. The first-order chi connectivity index (χ1) is 11.6. The summed E-state index contributed by atoms with van der Waals surface area (Å²) in [7, 11) is 1.46. The molecule has 0 heterocycles. The summed E-state index contributed by atoms with van der Waals surface area (Å²) in [5.74, 6) is -1.51. The van der Waals surface area contributed by atoms with Gasteiger partial charge in [-0.15, -0.1) is 13.2 Å². The van der Waals surface area contributed by atoms with Gasteiger partial charge in [-0.05, 0) is 42.3 Å². The topological polar surface area (TPSA) is 55.4 Å². The highest BCUT2D eigenvalue weighted by atomic mass is 35.5. The third-order valence-electron chi connectivity index (χ3n) is 3.36. The molecule has 0 aliphatic carbocycles. The molecule has 0 aliphatic rings. The first kappa shape index (κ1) is 18.8. The van der Waals surface area contributed by atoms with Gasteiger partial charge >= 0.3 is 6.36 Å². The fourth-order valence-corrected chi connectivity index (χ4v) is 2.48. The highest BCUT2D eigenvalue weighted by Crippen LogP contribution is 2.32. The SMILES string of the molecule is CNC(=O)c1ccc(-c2ccc(OC(F)(F)F)c(C(C)=O)c2)cc1Cl. The average molecular weight is 372 g/mol. The van der Waals surface area contributed by atoms with Crippen molar-refractivity contribution in [1.82, 2.24) is 5.32 Å². The van der Waals surface area contributed by atoms with E-state index in [1.54, 1.807) is 6.07 Å². The van der Waals surface area contributed by atoms with E-state index in [2.05, 4.69) is 10.1 Å². The van der Waals surface area contributed by atoms with E-state index in [9.17, 15) is 22.8 Å². The Morgan fingerprint density at radius 1 is 1.04 bits per heavy atom. The Hall–Kier alpha value is -2.54. The van der Waals surface area contributed by atoms with Crippen LogP contribution in [-0.4, -0.2) is 25.1 Å². The summed E-state index contributed by atoms with van der Waals surface area (Å²) in [5, 5.41) is 2.62. The van der Waals surface area contributed by atoms with Crippen LogP contribution in [0.4, 0.5) is 13.2 Å². The van der Waals surface area contributed by atoms with Gasteiger partial charge in [-0.2, -0.15) is 0 Å². The molecule has 0 aliphatic heterocycles. The van der Waals surface area contributed by atoms with E-state index in [4.69, 9.17) is 11.6 Å². The number of hydrogen-bond acceptors (Lipinski definition) is 3. The summed E-state index contributed by atoms with van der Waals surface area (Å²) in [6.07, 6.45) is -4.90. The van der Waals surface area contributed by atoms with Crippen molar-refractivity contribution in [2.45, 2.75) is 13.3 Å². The largest absolute Gasteiger partial charge is 0.573 e. The molecular formula is C17H13ClF3NO3. The molecule has 0 bridgehead atoms. The Bertz CT molecular complexity index is 834. The van der Waals surface area contributed by atoms with Crippen molar-refractivity contribution in [3.05, 3.63) is 52.5 Å². The number of ether oxygens (including phenoxy) is 1. The van der Waals surface area contributed by atoms with Crippen LogP contribution in [0.5, 0.6) is 5.75 Å². The van der Waals surface area contributed by atoms with Gasteiger partial charge in [0.1, 0.15) is 5.75 Å². The van der Waals surface area contributed by atoms with Crippen molar-refractivity contribution < 1.29 is 27.5 Å². The molecule has 132 valence electrons. The van der Waals surface area contributed by atoms with E-state index < -0.39 is 17.9 Å². The van der Waals surface area contributed by atoms with Crippen LogP contribution in [0.2, 0.25) is 5.02 Å². The maximum absolute atomic E-state index is 12.4. The number of carbonyl (C=O) groups is 2. The van der Waals surface area contributed by atoms with E-state index >= 15 is 0 Å². The number of halogens is 4. The Morgan fingerprint density at radius 2 is 1.64 bits per heavy atom. The maximum atomic E-state index is 12.4. The molecule has 2 aromatic carbocycles. The van der Waals surface area contributed by atoms with E-state index in [1.165, 1.54) is 31.3 Å². The first-order valence-corrected chi connectivity index (χ1v) is 7.43. The van der Waals surface area contributed by atoms with Crippen molar-refractivity contribution in [2.75, 3.05) is 7.05 Å². The second-order valence-electron chi connectivity index (χ2n) is 5.09. The van der Waals surface area contributed by atoms with Gasteiger partial charge in [-0.3, -0.25) is 9.59 Å². The Morgan fingerprint density at radius 3 is 2.16 bits per heavy atom. The number of ketones is 1. The van der Waals surface area contributed by atoms with E-state index in [0.29, 0.717) is 11.1 Å². The molecular weight excluding hydrogens is 359 g/mol. The predicted molar refractivity (Wildman–Crippen MR) is 87.0 cm³/mol. The zero-order valence-electron chi connectivity index (χ0n) is 13.2. The molecule has 0 atom stereocenters. The quantitative estimate of drug-likeness (QED) is 0.807. The van der Waals surface area contributed by atoms with Crippen molar-refractivity contribution >= 4 is 23.3 Å². The van der Waals surface area contributed by atoms with Gasteiger partial charge in [0.05, 0.1) is 16.1 Å². The first-order valence-electron chi connectivity index (χ1n) is 7.05. The number of nitrogens with one attached hydrogen (secondary N) is 1. The van der Waals surface area contributed by atoms with Crippen LogP contribution in [0, 0.1) is 0 Å². The summed E-state index contributed by atoms with van der Waals surface area (Å²) in [6.45, 7) is 1.14. The molecule has 0 radical (unpaired) electrons. The Labute approximate surface area is 146 Å². The number of benzene rings is 2. The second kappa shape index (κ2) is 7.14. The lowest BCUT2D eigenvalue weighted by atomic mass is 9.99. The molecule has 0 spiro atoms. The van der Waals surface area contributed by atoms with E-state index in [-0.39, 0.29) is 22.1 Å². The number of rotatable bonds is 4. The minimum absolute atomic E-state index is 0.178. The lowest BCUT2D eigenvalue weighted by Crippen LogP contribution is -2.18. The molecule has 0 saturated carbocycles. The van der Waals surface area contributed by atoms with Gasteiger partial charge in [0.25, 0.3) is 5.91 Å². The summed E-state index contributed by atoms with van der Waals surface area (Å²) in [5.41, 5.74) is 1.06. The fourth-order valence-electron chi connectivity index (χ4n) is 2.21. The molecule has 8 heteroatoms. The van der Waals surface area contributed by atoms with E-state index in [0.717, 1.165) is 13.0 Å². The minimum atomic E-state index is -4.90. The zero-order valence-corrected chi connectivity index (χ0v) is 14.0. The fraction of sp³-hybridized carbons (Fsp3) is 0.176. The van der Waals surface area contributed by atoms with Crippen molar-refractivity contribution in [3.8, 4) is 16.9 Å². The molecule has 0 saturated heterocycles. The molecule has 0 aromatic heterocycles. The molecule has 25 heavy (non-hydrogen) atoms. The lowest BCUT2D eigenvalue weighted by molar-refractivity contribution is -0.274. The van der Waals surface area contributed by atoms with Crippen molar-refractivity contribution in [3.63, 3.8) is 0 Å². The van der Waals surface area contributed by atoms with Gasteiger partial charge in [-0.25, -0.2) is 0 Å². The number of carbonyl (C=O) groups excluding carboxylic acids is 2. The Balaban J connectivity index is 2.47. The van der Waals surface area contributed by atoms with Crippen LogP contribution in [-0.2, 0) is 0 Å². The molecule has 1 N–H and O–H groups in total. The number of amides is 1. The van der Waals surface area contributed by atoms with Crippen LogP contribution in [0.15, 0.2) is 36.4 Å². The molecule has 0 fully saturated rings. The van der Waals surface area contributed by atoms with Crippen LogP contribution >= 0.6 is 11.6 Å². The highest BCUT2D eigenvalue weighted by Gasteiger charge is 2.32. The van der Waals surface area contributed by atoms with Gasteiger partial charge in [-0.1, -0.05) is 23.7 Å². The monoisotopic (exact) mass is 371 g/mol. The predicted octanol–water partition coefficient (Wildman–Crippen LogP) is 4.47. The summed E-state index contributed by atoms with van der Waals surface area (Å²) in [4.78, 5) is 23.3. The average Bonchev–Trinajstić information content (AvgIpc) is 2.52. The smallest absolute Gasteiger partial charge is 0.405 e. The summed E-state index contributed by atoms with van der Waals surface area (Å²) >= 11 is 6.07. The highest BCUT2D eigenvalue weighted by molar-refractivity contribution is 6.34. The van der Waals surface area contributed by atoms with Gasteiger partial charge < -0.3 is 10.1 Å². The number of hydrogen-bond donors (Lipinski definition) is 1. The van der Waals surface area contributed by atoms with Crippen LogP contribution in [0.3, 0.4) is 0 Å². The van der Waals surface area contributed by atoms with Gasteiger partial charge in [0.15, 0.2) is 5.78 Å². The molecule has 1 amide bonds. The maximum Gasteiger partial charge on any atom is 0.573 e. The standard InChI is InChI=1S/C17H13ClF3NO3/c1-9(23)13-7-10(4-6-15(13)25-17(19,20)21)11-3-5-12(14(18)8-11)16(24)22-2/h3-8H,1-2H3,(H,22,24). The van der Waals surface area contributed by atoms with Crippen LogP contribution in [0.1, 0.15) is 27.6 Å². The molecule has 2 aromatic rings. The zero-order chi connectivity index (χ0) is 18.8. The Kier molecular flexibility index (Phi) is 5.37. The third-order valence-corrected chi connectivity index (χ3v) is 3.67. The normalized spacial score (nSPS) is 11.1. The van der Waals surface area contributed by atoms with Gasteiger partial charge in [0.2, 0.25) is 0 Å². The number of Topliss-reactive ketones (excluding diaryl/α,β-unsaturated/α-hetero) is 1. The molecule has 2 rings (SSSR count). The van der Waals surface area contributed by atoms with Gasteiger partial charge in [0, 0.05) is 7.05 Å². The number of alkyl halides is 3. The van der Waals surface area contributed by atoms with Crippen molar-refractivity contribution in [2.24, 2.45) is 0 Å². The third kappa shape index (κ3) is 4.51. The molecule has 0 unspecified atom stereocenters. The summed E-state index contributed by atoms with van der Waals surface area (Å²) < 4.78 is 41.2. The molecule has 4 nitrogen and oxygen atoms in total. The van der Waals surface area contributed by atoms with Crippen molar-refractivity contribution in [1.29, 1.82) is 0 Å². The lowest BCUT2D eigenvalue weighted by Gasteiger charge is -2.13. The minimum Gasteiger partial charge on any atom is -0.405 e. The van der Waals surface area contributed by atoms with Crippen LogP contribution < -0.4 is 10.1 Å². The summed E-state index contributed by atoms with van der Waals surface area (Å²) in [6, 6.07) is 8.30. The van der Waals surface area contributed by atoms with E-state index in [1.807, 2.05) is 0 Å².